The van der Waals surface area contributed by atoms with Gasteiger partial charge in [-0.15, -0.1) is 0 Å². The van der Waals surface area contributed by atoms with E-state index in [4.69, 9.17) is 0 Å². The number of hydrogen-bond donors (Lipinski definition) is 1. The van der Waals surface area contributed by atoms with Crippen LogP contribution in [0.15, 0.2) is 0 Å². The molecule has 2 rings (SSSR count). The highest BCUT2D eigenvalue weighted by Crippen LogP contribution is 2.21. The first kappa shape index (κ1) is 11.4. The summed E-state index contributed by atoms with van der Waals surface area (Å²) in [6.45, 7) is 7.80. The summed E-state index contributed by atoms with van der Waals surface area (Å²) >= 11 is 0. The molecule has 0 amide bonds. The minimum absolute atomic E-state index is 0.897. The predicted octanol–water partition coefficient (Wildman–Crippen LogP) is 0.479. The van der Waals surface area contributed by atoms with Crippen LogP contribution in [0, 0.1) is 11.8 Å². The molecule has 2 heterocycles. The van der Waals surface area contributed by atoms with Crippen LogP contribution in [0.4, 0.5) is 0 Å². The summed E-state index contributed by atoms with van der Waals surface area (Å²) in [6, 6.07) is 0. The van der Waals surface area contributed by atoms with Gasteiger partial charge in [0.1, 0.15) is 0 Å². The Morgan fingerprint density at radius 1 is 1.13 bits per heavy atom. The summed E-state index contributed by atoms with van der Waals surface area (Å²) in [7, 11) is 4.31. The zero-order chi connectivity index (χ0) is 10.7. The maximum atomic E-state index is 3.30. The van der Waals surface area contributed by atoms with E-state index < -0.39 is 0 Å². The summed E-state index contributed by atoms with van der Waals surface area (Å²) < 4.78 is 0. The second kappa shape index (κ2) is 5.28. The summed E-state index contributed by atoms with van der Waals surface area (Å²) in [5.41, 5.74) is 0. The van der Waals surface area contributed by atoms with Gasteiger partial charge in [0.2, 0.25) is 0 Å². The molecule has 0 aromatic carbocycles. The number of hydrogen-bond acceptors (Lipinski definition) is 3. The van der Waals surface area contributed by atoms with Gasteiger partial charge in [0.15, 0.2) is 0 Å². The van der Waals surface area contributed by atoms with Gasteiger partial charge in [-0.25, -0.2) is 0 Å². The second-order valence-electron chi connectivity index (χ2n) is 5.39. The predicted molar refractivity (Wildman–Crippen MR) is 64.1 cm³/mol. The van der Waals surface area contributed by atoms with Crippen molar-refractivity contribution in [1.82, 2.24) is 15.1 Å². The smallest absolute Gasteiger partial charge is 0.00225 e. The minimum Gasteiger partial charge on any atom is -0.319 e. The highest BCUT2D eigenvalue weighted by atomic mass is 15.2. The van der Waals surface area contributed by atoms with E-state index in [-0.39, 0.29) is 0 Å². The van der Waals surface area contributed by atoms with E-state index in [1.165, 1.54) is 52.1 Å². The molecule has 0 aliphatic carbocycles. The molecule has 2 unspecified atom stereocenters. The fourth-order valence-corrected chi connectivity index (χ4v) is 3.07. The van der Waals surface area contributed by atoms with E-state index in [0.717, 1.165) is 11.8 Å². The second-order valence-corrected chi connectivity index (χ2v) is 5.39. The molecule has 2 saturated heterocycles. The lowest BCUT2D eigenvalue weighted by Crippen LogP contribution is -2.30. The zero-order valence-corrected chi connectivity index (χ0v) is 10.2. The van der Waals surface area contributed by atoms with Gasteiger partial charge in [-0.05, 0) is 58.4 Å². The summed E-state index contributed by atoms with van der Waals surface area (Å²) in [6.07, 6.45) is 2.80. The fourth-order valence-electron chi connectivity index (χ4n) is 3.07. The Morgan fingerprint density at radius 2 is 1.93 bits per heavy atom. The Hall–Kier alpha value is -0.120. The molecule has 2 aliphatic rings. The van der Waals surface area contributed by atoms with Gasteiger partial charge in [-0.1, -0.05) is 0 Å². The van der Waals surface area contributed by atoms with Crippen LogP contribution >= 0.6 is 0 Å². The molecule has 0 spiro atoms. The Morgan fingerprint density at radius 3 is 2.60 bits per heavy atom. The van der Waals surface area contributed by atoms with Crippen LogP contribution in [0.25, 0.3) is 0 Å². The van der Waals surface area contributed by atoms with Crippen molar-refractivity contribution in [2.24, 2.45) is 11.8 Å². The van der Waals surface area contributed by atoms with Crippen molar-refractivity contribution in [2.45, 2.75) is 12.8 Å². The number of rotatable bonds is 4. The zero-order valence-electron chi connectivity index (χ0n) is 10.2. The maximum Gasteiger partial charge on any atom is 0.00225 e. The summed E-state index contributed by atoms with van der Waals surface area (Å²) in [5, 5.41) is 3.30. The Labute approximate surface area is 93.8 Å². The molecule has 2 atom stereocenters. The molecule has 2 fully saturated rings. The van der Waals surface area contributed by atoms with Crippen molar-refractivity contribution in [3.8, 4) is 0 Å². The Bertz CT molecular complexity index is 195. The van der Waals surface area contributed by atoms with Gasteiger partial charge >= 0.3 is 0 Å². The van der Waals surface area contributed by atoms with Crippen LogP contribution in [0.5, 0.6) is 0 Å². The first-order valence-electron chi connectivity index (χ1n) is 6.33. The van der Waals surface area contributed by atoms with Crippen molar-refractivity contribution in [2.75, 3.05) is 53.4 Å². The first-order valence-corrected chi connectivity index (χ1v) is 6.33. The molecule has 0 aromatic rings. The molecule has 0 bridgehead atoms. The molecule has 3 nitrogen and oxygen atoms in total. The van der Waals surface area contributed by atoms with Crippen LogP contribution in [0.2, 0.25) is 0 Å². The number of nitrogens with one attached hydrogen (secondary N) is 1. The van der Waals surface area contributed by atoms with E-state index in [1.54, 1.807) is 0 Å². The van der Waals surface area contributed by atoms with Gasteiger partial charge in [0, 0.05) is 19.6 Å². The first-order chi connectivity index (χ1) is 7.28. The van der Waals surface area contributed by atoms with Crippen molar-refractivity contribution >= 4 is 0 Å². The largest absolute Gasteiger partial charge is 0.319 e. The van der Waals surface area contributed by atoms with Gasteiger partial charge < -0.3 is 15.1 Å². The third-order valence-corrected chi connectivity index (χ3v) is 3.87. The van der Waals surface area contributed by atoms with Gasteiger partial charge in [0.25, 0.3) is 0 Å². The average molecular weight is 211 g/mol. The minimum atomic E-state index is 0.897. The van der Waals surface area contributed by atoms with Crippen molar-refractivity contribution in [3.63, 3.8) is 0 Å². The summed E-state index contributed by atoms with van der Waals surface area (Å²) in [5.74, 6) is 1.83. The Balaban J connectivity index is 1.68. The molecule has 2 aliphatic heterocycles. The lowest BCUT2D eigenvalue weighted by atomic mass is 10.1. The third kappa shape index (κ3) is 3.16. The van der Waals surface area contributed by atoms with Gasteiger partial charge in [-0.2, -0.15) is 0 Å². The fraction of sp³-hybridized carbons (Fsp3) is 1.00. The molecule has 3 heteroatoms. The van der Waals surface area contributed by atoms with Crippen molar-refractivity contribution < 1.29 is 0 Å². The molecule has 15 heavy (non-hydrogen) atoms. The molecule has 0 aromatic heterocycles. The highest BCUT2D eigenvalue weighted by molar-refractivity contribution is 4.81. The van der Waals surface area contributed by atoms with Gasteiger partial charge in [0.05, 0.1) is 0 Å². The number of likely N-dealkylation sites (tertiary alicyclic amines) is 2. The molecule has 0 saturated carbocycles. The molecule has 1 N–H and O–H groups in total. The van der Waals surface area contributed by atoms with E-state index in [9.17, 15) is 0 Å². The highest BCUT2D eigenvalue weighted by Gasteiger charge is 2.26. The normalized spacial score (nSPS) is 34.0. The quantitative estimate of drug-likeness (QED) is 0.730. The average Bonchev–Trinajstić information content (AvgIpc) is 2.78. The van der Waals surface area contributed by atoms with E-state index in [0.29, 0.717) is 0 Å². The van der Waals surface area contributed by atoms with Crippen LogP contribution < -0.4 is 5.32 Å². The monoisotopic (exact) mass is 211 g/mol. The maximum absolute atomic E-state index is 3.30. The standard InChI is InChI=1S/C12H25N3/c1-13-7-11-4-6-15(9-11)10-12-3-5-14(2)8-12/h11-13H,3-10H2,1-2H3. The third-order valence-electron chi connectivity index (χ3n) is 3.87. The van der Waals surface area contributed by atoms with Crippen LogP contribution in [-0.4, -0.2) is 63.2 Å². The van der Waals surface area contributed by atoms with Crippen molar-refractivity contribution in [3.05, 3.63) is 0 Å². The molecular formula is C12H25N3. The van der Waals surface area contributed by atoms with Crippen molar-refractivity contribution in [1.29, 1.82) is 0 Å². The van der Waals surface area contributed by atoms with Crippen LogP contribution in [0.1, 0.15) is 12.8 Å². The lowest BCUT2D eigenvalue weighted by molar-refractivity contribution is 0.266. The van der Waals surface area contributed by atoms with Crippen LogP contribution in [0.3, 0.4) is 0 Å². The van der Waals surface area contributed by atoms with E-state index in [1.807, 2.05) is 0 Å². The molecule has 0 radical (unpaired) electrons. The SMILES string of the molecule is CNCC1CCN(CC2CCN(C)C2)C1. The molecular weight excluding hydrogens is 186 g/mol. The van der Waals surface area contributed by atoms with Gasteiger partial charge in [-0.3, -0.25) is 0 Å². The Kier molecular flexibility index (Phi) is 4.00. The van der Waals surface area contributed by atoms with E-state index in [2.05, 4.69) is 29.2 Å². The number of nitrogens with zero attached hydrogens (tertiary/aromatic N) is 2. The summed E-state index contributed by atoms with van der Waals surface area (Å²) in [4.78, 5) is 5.14. The molecule has 88 valence electrons. The van der Waals surface area contributed by atoms with E-state index >= 15 is 0 Å². The van der Waals surface area contributed by atoms with Crippen LogP contribution in [-0.2, 0) is 0 Å². The lowest BCUT2D eigenvalue weighted by Gasteiger charge is -2.20. The topological polar surface area (TPSA) is 18.5 Å².